The second-order valence-corrected chi connectivity index (χ2v) is 4.66. The highest BCUT2D eigenvalue weighted by Gasteiger charge is 2.27. The molecule has 1 saturated carbocycles. The summed E-state index contributed by atoms with van der Waals surface area (Å²) in [6.45, 7) is 1.96. The van der Waals surface area contributed by atoms with E-state index in [1.807, 2.05) is 6.92 Å². The SMILES string of the molecule is CCc1[nH]nc(C(=O)NC2CCC(OC)C2)c1N. The molecule has 0 bridgehead atoms. The third kappa shape index (κ3) is 2.48. The van der Waals surface area contributed by atoms with Crippen molar-refractivity contribution in [3.05, 3.63) is 11.4 Å². The number of nitrogens with two attached hydrogens (primary N) is 1. The Labute approximate surface area is 106 Å². The topological polar surface area (TPSA) is 93.0 Å². The van der Waals surface area contributed by atoms with Crippen LogP contribution < -0.4 is 11.1 Å². The minimum atomic E-state index is -0.204. The van der Waals surface area contributed by atoms with Crippen molar-refractivity contribution in [3.63, 3.8) is 0 Å². The van der Waals surface area contributed by atoms with E-state index >= 15 is 0 Å². The van der Waals surface area contributed by atoms with Crippen LogP contribution in [0.25, 0.3) is 0 Å². The molecule has 0 saturated heterocycles. The van der Waals surface area contributed by atoms with Gasteiger partial charge in [0.15, 0.2) is 5.69 Å². The van der Waals surface area contributed by atoms with Gasteiger partial charge in [-0.3, -0.25) is 9.89 Å². The molecule has 0 spiro atoms. The van der Waals surface area contributed by atoms with Gasteiger partial charge in [0.1, 0.15) is 0 Å². The fraction of sp³-hybridized carbons (Fsp3) is 0.667. The normalized spacial score (nSPS) is 23.2. The van der Waals surface area contributed by atoms with Crippen LogP contribution in [-0.4, -0.2) is 35.4 Å². The van der Waals surface area contributed by atoms with Gasteiger partial charge in [0.05, 0.1) is 17.5 Å². The van der Waals surface area contributed by atoms with Crippen molar-refractivity contribution in [1.29, 1.82) is 0 Å². The molecule has 1 aliphatic rings. The second kappa shape index (κ2) is 5.39. The van der Waals surface area contributed by atoms with Gasteiger partial charge in [-0.1, -0.05) is 6.92 Å². The molecule has 6 heteroatoms. The number of nitrogens with zero attached hydrogens (tertiary/aromatic N) is 1. The van der Waals surface area contributed by atoms with E-state index in [0.29, 0.717) is 11.4 Å². The molecule has 1 fully saturated rings. The van der Waals surface area contributed by atoms with E-state index in [1.54, 1.807) is 7.11 Å². The number of anilines is 1. The summed E-state index contributed by atoms with van der Waals surface area (Å²) in [7, 11) is 1.70. The van der Waals surface area contributed by atoms with Crippen molar-refractivity contribution in [2.75, 3.05) is 12.8 Å². The zero-order valence-electron chi connectivity index (χ0n) is 10.8. The fourth-order valence-electron chi connectivity index (χ4n) is 2.37. The number of carbonyl (C=O) groups excluding carboxylic acids is 1. The average Bonchev–Trinajstić information content (AvgIpc) is 2.95. The van der Waals surface area contributed by atoms with Crippen molar-refractivity contribution < 1.29 is 9.53 Å². The van der Waals surface area contributed by atoms with E-state index in [4.69, 9.17) is 10.5 Å². The van der Waals surface area contributed by atoms with Gasteiger partial charge in [0, 0.05) is 13.2 Å². The molecule has 2 atom stereocenters. The van der Waals surface area contributed by atoms with Crippen molar-refractivity contribution in [3.8, 4) is 0 Å². The zero-order valence-corrected chi connectivity index (χ0v) is 10.8. The van der Waals surface area contributed by atoms with E-state index in [9.17, 15) is 4.79 Å². The molecule has 0 aromatic carbocycles. The summed E-state index contributed by atoms with van der Waals surface area (Å²) in [6.07, 6.45) is 3.76. The van der Waals surface area contributed by atoms with Gasteiger partial charge in [-0.05, 0) is 25.7 Å². The Morgan fingerprint density at radius 2 is 2.39 bits per heavy atom. The number of aryl methyl sites for hydroxylation is 1. The molecule has 4 N–H and O–H groups in total. The van der Waals surface area contributed by atoms with Crippen molar-refractivity contribution in [2.45, 2.75) is 44.8 Å². The maximum atomic E-state index is 12.0. The van der Waals surface area contributed by atoms with Crippen molar-refractivity contribution >= 4 is 11.6 Å². The van der Waals surface area contributed by atoms with Gasteiger partial charge in [-0.25, -0.2) is 0 Å². The van der Waals surface area contributed by atoms with Gasteiger partial charge in [-0.2, -0.15) is 5.10 Å². The van der Waals surface area contributed by atoms with Crippen LogP contribution in [0, 0.1) is 0 Å². The largest absolute Gasteiger partial charge is 0.395 e. The van der Waals surface area contributed by atoms with Crippen LogP contribution in [-0.2, 0) is 11.2 Å². The van der Waals surface area contributed by atoms with Crippen LogP contribution in [0.4, 0.5) is 5.69 Å². The van der Waals surface area contributed by atoms with E-state index < -0.39 is 0 Å². The van der Waals surface area contributed by atoms with Crippen molar-refractivity contribution in [1.82, 2.24) is 15.5 Å². The number of nitrogen functional groups attached to an aromatic ring is 1. The van der Waals surface area contributed by atoms with Crippen LogP contribution in [0.3, 0.4) is 0 Å². The van der Waals surface area contributed by atoms with Gasteiger partial charge < -0.3 is 15.8 Å². The van der Waals surface area contributed by atoms with E-state index in [-0.39, 0.29) is 18.1 Å². The Bertz CT molecular complexity index is 430. The number of hydrogen-bond donors (Lipinski definition) is 3. The van der Waals surface area contributed by atoms with Gasteiger partial charge in [-0.15, -0.1) is 0 Å². The number of amides is 1. The zero-order chi connectivity index (χ0) is 13.1. The van der Waals surface area contributed by atoms with Gasteiger partial charge in [0.2, 0.25) is 0 Å². The summed E-state index contributed by atoms with van der Waals surface area (Å²) < 4.78 is 5.28. The van der Waals surface area contributed by atoms with Gasteiger partial charge in [0.25, 0.3) is 5.91 Å². The Hall–Kier alpha value is -1.56. The number of aromatic amines is 1. The van der Waals surface area contributed by atoms with Crippen molar-refractivity contribution in [2.24, 2.45) is 0 Å². The first-order valence-electron chi connectivity index (χ1n) is 6.32. The molecule has 1 heterocycles. The number of methoxy groups -OCH3 is 1. The van der Waals surface area contributed by atoms with E-state index in [1.165, 1.54) is 0 Å². The molecule has 2 rings (SSSR count). The van der Waals surface area contributed by atoms with Crippen LogP contribution >= 0.6 is 0 Å². The lowest BCUT2D eigenvalue weighted by Crippen LogP contribution is -2.34. The summed E-state index contributed by atoms with van der Waals surface area (Å²) in [5.74, 6) is -0.204. The second-order valence-electron chi connectivity index (χ2n) is 4.66. The maximum absolute atomic E-state index is 12.0. The molecule has 100 valence electrons. The van der Waals surface area contributed by atoms with Crippen LogP contribution in [0.2, 0.25) is 0 Å². The lowest BCUT2D eigenvalue weighted by molar-refractivity contribution is 0.0911. The van der Waals surface area contributed by atoms with E-state index in [0.717, 1.165) is 31.4 Å². The molecule has 1 aromatic rings. The number of hydrogen-bond acceptors (Lipinski definition) is 4. The van der Waals surface area contributed by atoms with E-state index in [2.05, 4.69) is 15.5 Å². The Morgan fingerprint density at radius 3 is 2.94 bits per heavy atom. The number of carbonyl (C=O) groups is 1. The summed E-state index contributed by atoms with van der Waals surface area (Å²) in [5, 5.41) is 9.72. The predicted octanol–water partition coefficient (Wildman–Crippen LogP) is 0.852. The van der Waals surface area contributed by atoms with Gasteiger partial charge >= 0.3 is 0 Å². The Kier molecular flexibility index (Phi) is 3.86. The Balaban J connectivity index is 1.97. The number of nitrogens with one attached hydrogen (secondary N) is 2. The smallest absolute Gasteiger partial charge is 0.274 e. The first-order chi connectivity index (χ1) is 8.65. The highest BCUT2D eigenvalue weighted by molar-refractivity contribution is 5.97. The number of H-pyrrole nitrogens is 1. The highest BCUT2D eigenvalue weighted by atomic mass is 16.5. The monoisotopic (exact) mass is 252 g/mol. The predicted molar refractivity (Wildman–Crippen MR) is 68.3 cm³/mol. The lowest BCUT2D eigenvalue weighted by Gasteiger charge is -2.12. The molecule has 1 aliphatic carbocycles. The molecule has 0 aliphatic heterocycles. The maximum Gasteiger partial charge on any atom is 0.274 e. The van der Waals surface area contributed by atoms with Crippen LogP contribution in [0.15, 0.2) is 0 Å². The first-order valence-corrected chi connectivity index (χ1v) is 6.32. The standard InChI is InChI=1S/C12H20N4O2/c1-3-9-10(13)11(16-15-9)12(17)14-7-4-5-8(6-7)18-2/h7-8H,3-6,13H2,1-2H3,(H,14,17)(H,15,16). The molecule has 18 heavy (non-hydrogen) atoms. The minimum absolute atomic E-state index is 0.156. The molecule has 1 aromatic heterocycles. The first kappa shape index (κ1) is 12.9. The summed E-state index contributed by atoms with van der Waals surface area (Å²) in [6, 6.07) is 0.156. The molecule has 2 unspecified atom stereocenters. The quantitative estimate of drug-likeness (QED) is 0.740. The third-order valence-corrected chi connectivity index (χ3v) is 3.50. The highest BCUT2D eigenvalue weighted by Crippen LogP contribution is 2.22. The molecule has 1 amide bonds. The number of ether oxygens (including phenoxy) is 1. The summed E-state index contributed by atoms with van der Waals surface area (Å²) >= 11 is 0. The third-order valence-electron chi connectivity index (χ3n) is 3.50. The molecule has 0 radical (unpaired) electrons. The molecular weight excluding hydrogens is 232 g/mol. The van der Waals surface area contributed by atoms with Crippen LogP contribution in [0.5, 0.6) is 0 Å². The minimum Gasteiger partial charge on any atom is -0.395 e. The molecule has 6 nitrogen and oxygen atoms in total. The Morgan fingerprint density at radius 1 is 1.61 bits per heavy atom. The average molecular weight is 252 g/mol. The summed E-state index contributed by atoms with van der Waals surface area (Å²) in [4.78, 5) is 12.0. The van der Waals surface area contributed by atoms with Crippen LogP contribution in [0.1, 0.15) is 42.4 Å². The molecular formula is C12H20N4O2. The summed E-state index contributed by atoms with van der Waals surface area (Å²) in [5.41, 5.74) is 7.42. The fourth-order valence-corrected chi connectivity index (χ4v) is 2.37. The number of aromatic nitrogens is 2. The lowest BCUT2D eigenvalue weighted by atomic mass is 10.2. The number of rotatable bonds is 4.